The van der Waals surface area contributed by atoms with Gasteiger partial charge < -0.3 is 5.73 Å². The monoisotopic (exact) mass is 350 g/mol. The molecule has 0 aliphatic heterocycles. The van der Waals surface area contributed by atoms with E-state index in [0.29, 0.717) is 11.4 Å². The highest BCUT2D eigenvalue weighted by Gasteiger charge is 2.36. The van der Waals surface area contributed by atoms with E-state index >= 15 is 0 Å². The van der Waals surface area contributed by atoms with Gasteiger partial charge in [0.25, 0.3) is 0 Å². The highest BCUT2D eigenvalue weighted by Crippen LogP contribution is 2.34. The van der Waals surface area contributed by atoms with Gasteiger partial charge in [-0.25, -0.2) is 4.98 Å². The predicted molar refractivity (Wildman–Crippen MR) is 72.0 cm³/mol. The molecule has 0 spiro atoms. The van der Waals surface area contributed by atoms with Crippen LogP contribution in [0, 0.1) is 0 Å². The fourth-order valence-corrected chi connectivity index (χ4v) is 2.88. The largest absolute Gasteiger partial charge is 0.434 e. The van der Waals surface area contributed by atoms with E-state index in [0.717, 1.165) is 21.4 Å². The maximum absolute atomic E-state index is 12.7. The maximum atomic E-state index is 12.7. The van der Waals surface area contributed by atoms with E-state index in [9.17, 15) is 13.2 Å². The van der Waals surface area contributed by atoms with Crippen molar-refractivity contribution >= 4 is 27.3 Å². The molecule has 0 aliphatic rings. The standard InChI is InChI=1S/C12H10BrF3N2S/c13-8-3-1-7(2-4-8)5-10-18-11(12(14,15)16)9(6-17)19-10/h1-4H,5-6,17H2. The van der Waals surface area contributed by atoms with E-state index in [1.54, 1.807) is 0 Å². The van der Waals surface area contributed by atoms with Crippen molar-refractivity contribution in [2.24, 2.45) is 5.73 Å². The van der Waals surface area contributed by atoms with Crippen molar-refractivity contribution in [1.29, 1.82) is 0 Å². The number of halogens is 4. The van der Waals surface area contributed by atoms with Crippen molar-refractivity contribution < 1.29 is 13.2 Å². The van der Waals surface area contributed by atoms with Crippen molar-refractivity contribution in [2.45, 2.75) is 19.1 Å². The molecule has 0 saturated heterocycles. The lowest BCUT2D eigenvalue weighted by Crippen LogP contribution is -2.10. The molecule has 0 radical (unpaired) electrons. The van der Waals surface area contributed by atoms with Gasteiger partial charge in [0.1, 0.15) is 0 Å². The normalized spacial score (nSPS) is 11.8. The Morgan fingerprint density at radius 1 is 1.21 bits per heavy atom. The van der Waals surface area contributed by atoms with E-state index in [4.69, 9.17) is 5.73 Å². The lowest BCUT2D eigenvalue weighted by molar-refractivity contribution is -0.141. The van der Waals surface area contributed by atoms with Crippen LogP contribution < -0.4 is 5.73 Å². The predicted octanol–water partition coefficient (Wildman–Crippen LogP) is 3.97. The third-order valence-corrected chi connectivity index (χ3v) is 4.07. The van der Waals surface area contributed by atoms with Crippen LogP contribution in [0.5, 0.6) is 0 Å². The van der Waals surface area contributed by atoms with E-state index in [1.165, 1.54) is 0 Å². The molecule has 1 aromatic heterocycles. The molecule has 0 amide bonds. The Bertz CT molecular complexity index is 563. The van der Waals surface area contributed by atoms with Gasteiger partial charge in [0.05, 0.1) is 9.88 Å². The average molecular weight is 351 g/mol. The van der Waals surface area contributed by atoms with Gasteiger partial charge in [-0.3, -0.25) is 0 Å². The Hall–Kier alpha value is -0.920. The molecule has 0 atom stereocenters. The van der Waals surface area contributed by atoms with Gasteiger partial charge in [-0.15, -0.1) is 11.3 Å². The van der Waals surface area contributed by atoms with Gasteiger partial charge in [0, 0.05) is 17.4 Å². The highest BCUT2D eigenvalue weighted by atomic mass is 79.9. The maximum Gasteiger partial charge on any atom is 0.434 e. The summed E-state index contributed by atoms with van der Waals surface area (Å²) in [6.45, 7) is -0.146. The van der Waals surface area contributed by atoms with Crippen LogP contribution in [-0.2, 0) is 19.1 Å². The fraction of sp³-hybridized carbons (Fsp3) is 0.250. The molecular formula is C12H10BrF3N2S. The Morgan fingerprint density at radius 2 is 1.84 bits per heavy atom. The Balaban J connectivity index is 2.26. The van der Waals surface area contributed by atoms with Crippen LogP contribution in [0.4, 0.5) is 13.2 Å². The molecule has 7 heteroatoms. The summed E-state index contributed by atoms with van der Waals surface area (Å²) in [6.07, 6.45) is -4.07. The van der Waals surface area contributed by atoms with Crippen molar-refractivity contribution in [3.05, 3.63) is 49.9 Å². The van der Waals surface area contributed by atoms with Crippen molar-refractivity contribution in [1.82, 2.24) is 4.98 Å². The minimum absolute atomic E-state index is 0.0830. The molecule has 1 aromatic carbocycles. The van der Waals surface area contributed by atoms with Gasteiger partial charge >= 0.3 is 6.18 Å². The molecule has 0 fully saturated rings. The number of aromatic nitrogens is 1. The molecule has 0 bridgehead atoms. The lowest BCUT2D eigenvalue weighted by Gasteiger charge is -2.03. The summed E-state index contributed by atoms with van der Waals surface area (Å²) in [5, 5.41) is 0.426. The quantitative estimate of drug-likeness (QED) is 0.909. The van der Waals surface area contributed by atoms with Crippen LogP contribution in [-0.4, -0.2) is 4.98 Å². The van der Waals surface area contributed by atoms with Crippen LogP contribution in [0.1, 0.15) is 21.1 Å². The Kier molecular flexibility index (Phi) is 4.27. The number of thiazole rings is 1. The molecule has 2 nitrogen and oxygen atoms in total. The minimum Gasteiger partial charge on any atom is -0.326 e. The van der Waals surface area contributed by atoms with Gasteiger partial charge in [0.2, 0.25) is 0 Å². The summed E-state index contributed by atoms with van der Waals surface area (Å²) in [5.41, 5.74) is 5.39. The lowest BCUT2D eigenvalue weighted by atomic mass is 10.2. The third kappa shape index (κ3) is 3.55. The molecule has 0 aliphatic carbocycles. The molecule has 1 heterocycles. The third-order valence-electron chi connectivity index (χ3n) is 2.46. The van der Waals surface area contributed by atoms with Crippen LogP contribution in [0.2, 0.25) is 0 Å². The molecular weight excluding hydrogens is 341 g/mol. The summed E-state index contributed by atoms with van der Waals surface area (Å²) in [5.74, 6) is 0. The Morgan fingerprint density at radius 3 is 2.32 bits per heavy atom. The number of nitrogens with zero attached hydrogens (tertiary/aromatic N) is 1. The number of rotatable bonds is 3. The first-order valence-electron chi connectivity index (χ1n) is 5.40. The summed E-state index contributed by atoms with van der Waals surface area (Å²) >= 11 is 4.32. The highest BCUT2D eigenvalue weighted by molar-refractivity contribution is 9.10. The summed E-state index contributed by atoms with van der Waals surface area (Å²) in [4.78, 5) is 3.75. The minimum atomic E-state index is -4.44. The first-order chi connectivity index (χ1) is 8.90. The zero-order chi connectivity index (χ0) is 14.0. The van der Waals surface area contributed by atoms with Gasteiger partial charge in [0.15, 0.2) is 5.69 Å². The van der Waals surface area contributed by atoms with Gasteiger partial charge in [-0.1, -0.05) is 28.1 Å². The molecule has 2 aromatic rings. The molecule has 2 N–H and O–H groups in total. The first-order valence-corrected chi connectivity index (χ1v) is 7.01. The van der Waals surface area contributed by atoms with Gasteiger partial charge in [-0.05, 0) is 17.7 Å². The smallest absolute Gasteiger partial charge is 0.326 e. The summed E-state index contributed by atoms with van der Waals surface area (Å²) < 4.78 is 39.1. The Labute approximate surface area is 120 Å². The SMILES string of the molecule is NCc1sc(Cc2ccc(Br)cc2)nc1C(F)(F)F. The van der Waals surface area contributed by atoms with E-state index < -0.39 is 11.9 Å². The van der Waals surface area contributed by atoms with Crippen LogP contribution in [0.3, 0.4) is 0 Å². The van der Waals surface area contributed by atoms with Crippen LogP contribution in [0.15, 0.2) is 28.7 Å². The average Bonchev–Trinajstić information content (AvgIpc) is 2.75. The first kappa shape index (κ1) is 14.5. The number of benzene rings is 1. The second-order valence-electron chi connectivity index (χ2n) is 3.88. The number of alkyl halides is 3. The number of hydrogen-bond acceptors (Lipinski definition) is 3. The molecule has 2 rings (SSSR count). The van der Waals surface area contributed by atoms with Gasteiger partial charge in [-0.2, -0.15) is 13.2 Å². The number of nitrogens with two attached hydrogens (primary N) is 1. The second kappa shape index (κ2) is 5.60. The van der Waals surface area contributed by atoms with E-state index in [2.05, 4.69) is 20.9 Å². The van der Waals surface area contributed by atoms with Crippen molar-refractivity contribution in [3.8, 4) is 0 Å². The molecule has 102 valence electrons. The number of hydrogen-bond donors (Lipinski definition) is 1. The fourth-order valence-electron chi connectivity index (χ4n) is 1.61. The summed E-state index contributed by atoms with van der Waals surface area (Å²) in [6, 6.07) is 7.39. The van der Waals surface area contributed by atoms with Crippen LogP contribution in [0.25, 0.3) is 0 Å². The molecule has 0 saturated carbocycles. The topological polar surface area (TPSA) is 38.9 Å². The zero-order valence-corrected chi connectivity index (χ0v) is 12.1. The summed E-state index contributed by atoms with van der Waals surface area (Å²) in [7, 11) is 0. The van der Waals surface area contributed by atoms with Crippen molar-refractivity contribution in [2.75, 3.05) is 0 Å². The zero-order valence-electron chi connectivity index (χ0n) is 9.67. The van der Waals surface area contributed by atoms with E-state index in [-0.39, 0.29) is 11.4 Å². The molecule has 19 heavy (non-hydrogen) atoms. The van der Waals surface area contributed by atoms with E-state index in [1.807, 2.05) is 24.3 Å². The molecule has 0 unspecified atom stereocenters. The van der Waals surface area contributed by atoms with Crippen molar-refractivity contribution in [3.63, 3.8) is 0 Å². The van der Waals surface area contributed by atoms with Crippen LogP contribution >= 0.6 is 27.3 Å². The second-order valence-corrected chi connectivity index (χ2v) is 5.97.